The van der Waals surface area contributed by atoms with Crippen LogP contribution in [0.4, 0.5) is 0 Å². The van der Waals surface area contributed by atoms with Gasteiger partial charge in [-0.25, -0.2) is 0 Å². The molecule has 2 unspecified atom stereocenters. The van der Waals surface area contributed by atoms with Crippen LogP contribution in [0.15, 0.2) is 0 Å². The minimum atomic E-state index is 0.156. The number of morpholine rings is 1. The fourth-order valence-corrected chi connectivity index (χ4v) is 6.15. The zero-order chi connectivity index (χ0) is 23.1. The number of rotatable bonds is 17. The highest BCUT2D eigenvalue weighted by atomic mass is 16.5. The van der Waals surface area contributed by atoms with E-state index in [0.29, 0.717) is 0 Å². The lowest BCUT2D eigenvalue weighted by atomic mass is 9.88. The molecule has 0 aromatic heterocycles. The first-order valence-corrected chi connectivity index (χ1v) is 14.7. The Morgan fingerprint density at radius 2 is 1.41 bits per heavy atom. The molecule has 2 aliphatic rings. The molecule has 2 heterocycles. The molecule has 0 radical (unpaired) electrons. The van der Waals surface area contributed by atoms with Crippen LogP contribution in [-0.4, -0.2) is 61.3 Å². The second kappa shape index (κ2) is 16.5. The van der Waals surface area contributed by atoms with Crippen LogP contribution in [0.25, 0.3) is 0 Å². The minimum absolute atomic E-state index is 0.156. The highest BCUT2D eigenvalue weighted by Crippen LogP contribution is 2.31. The third-order valence-electron chi connectivity index (χ3n) is 8.40. The van der Waals surface area contributed by atoms with Gasteiger partial charge in [0, 0.05) is 32.7 Å². The maximum Gasteiger partial charge on any atom is 0.0833 e. The average Bonchev–Trinajstić information content (AvgIpc) is 2.81. The predicted molar refractivity (Wildman–Crippen MR) is 140 cm³/mol. The topological polar surface area (TPSA) is 15.7 Å². The molecule has 2 rings (SSSR count). The predicted octanol–water partition coefficient (Wildman–Crippen LogP) is 7.54. The van der Waals surface area contributed by atoms with Crippen molar-refractivity contribution in [1.82, 2.24) is 9.80 Å². The summed E-state index contributed by atoms with van der Waals surface area (Å²) in [6.45, 7) is 17.7. The highest BCUT2D eigenvalue weighted by Gasteiger charge is 2.39. The molecule has 2 atom stereocenters. The maximum atomic E-state index is 6.45. The lowest BCUT2D eigenvalue weighted by molar-refractivity contribution is -0.136. The van der Waals surface area contributed by atoms with Gasteiger partial charge in [-0.3, -0.25) is 4.90 Å². The van der Waals surface area contributed by atoms with Crippen LogP contribution in [-0.2, 0) is 4.74 Å². The highest BCUT2D eigenvalue weighted by molar-refractivity contribution is 4.93. The fraction of sp³-hybridized carbons (Fsp3) is 1.00. The first-order valence-electron chi connectivity index (χ1n) is 14.7. The number of hydrogen-bond donors (Lipinski definition) is 0. The molecule has 0 N–H and O–H groups in total. The number of nitrogens with zero attached hydrogens (tertiary/aromatic N) is 2. The van der Waals surface area contributed by atoms with E-state index in [1.807, 2.05) is 0 Å². The number of likely N-dealkylation sites (tertiary alicyclic amines) is 1. The molecule has 1 spiro atoms. The van der Waals surface area contributed by atoms with Gasteiger partial charge in [-0.15, -0.1) is 0 Å². The van der Waals surface area contributed by atoms with Gasteiger partial charge in [-0.1, -0.05) is 91.9 Å². The smallest absolute Gasteiger partial charge is 0.0833 e. The summed E-state index contributed by atoms with van der Waals surface area (Å²) < 4.78 is 6.45. The molecule has 3 heteroatoms. The summed E-state index contributed by atoms with van der Waals surface area (Å²) in [6, 6.07) is 0. The summed E-state index contributed by atoms with van der Waals surface area (Å²) in [5, 5.41) is 0. The maximum absolute atomic E-state index is 6.45. The zero-order valence-corrected chi connectivity index (χ0v) is 22.5. The van der Waals surface area contributed by atoms with Crippen molar-refractivity contribution in [2.45, 2.75) is 130 Å². The van der Waals surface area contributed by atoms with Gasteiger partial charge < -0.3 is 9.64 Å². The van der Waals surface area contributed by atoms with Gasteiger partial charge in [0.1, 0.15) is 0 Å². The number of ether oxygens (including phenoxy) is 1. The first-order chi connectivity index (χ1) is 15.6. The second-order valence-electron chi connectivity index (χ2n) is 11.2. The summed E-state index contributed by atoms with van der Waals surface area (Å²) >= 11 is 0. The van der Waals surface area contributed by atoms with Crippen molar-refractivity contribution in [1.29, 1.82) is 0 Å². The van der Waals surface area contributed by atoms with Crippen LogP contribution in [0.1, 0.15) is 124 Å². The van der Waals surface area contributed by atoms with E-state index in [-0.39, 0.29) is 5.60 Å². The lowest BCUT2D eigenvalue weighted by Gasteiger charge is -2.48. The van der Waals surface area contributed by atoms with Gasteiger partial charge in [0.2, 0.25) is 0 Å². The van der Waals surface area contributed by atoms with Crippen LogP contribution >= 0.6 is 0 Å². The van der Waals surface area contributed by atoms with Gasteiger partial charge in [-0.05, 0) is 50.5 Å². The quantitative estimate of drug-likeness (QED) is 0.213. The van der Waals surface area contributed by atoms with Crippen molar-refractivity contribution in [3.63, 3.8) is 0 Å². The van der Waals surface area contributed by atoms with E-state index in [1.165, 1.54) is 129 Å². The van der Waals surface area contributed by atoms with Crippen molar-refractivity contribution in [3.8, 4) is 0 Å². The molecule has 2 aliphatic heterocycles. The van der Waals surface area contributed by atoms with Gasteiger partial charge >= 0.3 is 0 Å². The van der Waals surface area contributed by atoms with E-state index < -0.39 is 0 Å². The summed E-state index contributed by atoms with van der Waals surface area (Å²) in [5.41, 5.74) is 0.156. The fourth-order valence-electron chi connectivity index (χ4n) is 6.15. The van der Waals surface area contributed by atoms with Crippen LogP contribution < -0.4 is 0 Å². The second-order valence-corrected chi connectivity index (χ2v) is 11.2. The molecule has 190 valence electrons. The molecule has 2 saturated heterocycles. The van der Waals surface area contributed by atoms with E-state index in [4.69, 9.17) is 4.74 Å². The monoisotopic (exact) mass is 450 g/mol. The Bertz CT molecular complexity index is 446. The Morgan fingerprint density at radius 1 is 0.688 bits per heavy atom. The third-order valence-corrected chi connectivity index (χ3v) is 8.40. The average molecular weight is 451 g/mol. The largest absolute Gasteiger partial charge is 0.372 e. The van der Waals surface area contributed by atoms with Crippen LogP contribution in [0.5, 0.6) is 0 Å². The SMILES string of the molecule is CCCCCCC(CCCC)CCCN1CCOC2(CCN(CC(CC)CCC)CC2)C1. The molecule has 0 aliphatic carbocycles. The molecule has 0 aromatic rings. The Labute approximate surface area is 202 Å². The summed E-state index contributed by atoms with van der Waals surface area (Å²) in [5.74, 6) is 1.86. The van der Waals surface area contributed by atoms with E-state index in [9.17, 15) is 0 Å². The van der Waals surface area contributed by atoms with Crippen LogP contribution in [0, 0.1) is 11.8 Å². The van der Waals surface area contributed by atoms with Gasteiger partial charge in [0.05, 0.1) is 12.2 Å². The zero-order valence-electron chi connectivity index (χ0n) is 22.5. The van der Waals surface area contributed by atoms with Crippen molar-refractivity contribution in [2.24, 2.45) is 11.8 Å². The van der Waals surface area contributed by atoms with Crippen molar-refractivity contribution in [2.75, 3.05) is 45.9 Å². The molecule has 0 amide bonds. The van der Waals surface area contributed by atoms with E-state index >= 15 is 0 Å². The standard InChI is InChI=1S/C29H58N2O/c1-5-9-11-12-16-28(15-10-6-2)17-13-20-31-23-24-32-29(26-31)18-21-30(22-19-29)25-27(8-4)14-7-3/h27-28H,5-26H2,1-4H3. The molecular weight excluding hydrogens is 392 g/mol. The van der Waals surface area contributed by atoms with Crippen LogP contribution in [0.2, 0.25) is 0 Å². The van der Waals surface area contributed by atoms with E-state index in [2.05, 4.69) is 37.5 Å². The summed E-state index contributed by atoms with van der Waals surface area (Å²) in [4.78, 5) is 5.48. The Balaban J connectivity index is 1.70. The van der Waals surface area contributed by atoms with Gasteiger partial charge in [0.25, 0.3) is 0 Å². The van der Waals surface area contributed by atoms with E-state index in [1.54, 1.807) is 0 Å². The lowest BCUT2D eigenvalue weighted by Crippen LogP contribution is -2.57. The number of piperidine rings is 1. The molecule has 2 fully saturated rings. The summed E-state index contributed by atoms with van der Waals surface area (Å²) in [6.07, 6.45) is 20.7. The van der Waals surface area contributed by atoms with E-state index in [0.717, 1.165) is 25.0 Å². The van der Waals surface area contributed by atoms with Gasteiger partial charge in [-0.2, -0.15) is 0 Å². The molecule has 0 bridgehead atoms. The van der Waals surface area contributed by atoms with Crippen molar-refractivity contribution < 1.29 is 4.74 Å². The Morgan fingerprint density at radius 3 is 2.09 bits per heavy atom. The number of hydrogen-bond acceptors (Lipinski definition) is 3. The number of unbranched alkanes of at least 4 members (excludes halogenated alkanes) is 4. The van der Waals surface area contributed by atoms with Gasteiger partial charge in [0.15, 0.2) is 0 Å². The van der Waals surface area contributed by atoms with Crippen molar-refractivity contribution in [3.05, 3.63) is 0 Å². The Kier molecular flexibility index (Phi) is 14.5. The molecule has 32 heavy (non-hydrogen) atoms. The molecular formula is C29H58N2O. The third kappa shape index (κ3) is 10.4. The molecule has 0 saturated carbocycles. The van der Waals surface area contributed by atoms with Crippen molar-refractivity contribution >= 4 is 0 Å². The molecule has 0 aromatic carbocycles. The minimum Gasteiger partial charge on any atom is -0.372 e. The first kappa shape index (κ1) is 28.1. The molecule has 3 nitrogen and oxygen atoms in total. The Hall–Kier alpha value is -0.120. The summed E-state index contributed by atoms with van der Waals surface area (Å²) in [7, 11) is 0. The normalized spacial score (nSPS) is 21.8. The van der Waals surface area contributed by atoms with Crippen LogP contribution in [0.3, 0.4) is 0 Å².